The third-order valence-corrected chi connectivity index (χ3v) is 5.85. The Labute approximate surface area is 202 Å². The standard InChI is InChI=1S/C25H27FN4O3S/c1-16(2)30(24(33)19-8-4-17(3)5-9-19)14-23(32)29-25-28-21(15-34-25)12-22(31)27-13-18-6-10-20(26)11-7-18/h4-11,15-16H,12-14H2,1-3H3,(H,27,31)(H,28,29,32). The third-order valence-electron chi connectivity index (χ3n) is 5.04. The van der Waals surface area contributed by atoms with Gasteiger partial charge in [-0.3, -0.25) is 14.4 Å². The summed E-state index contributed by atoms with van der Waals surface area (Å²) in [6, 6.07) is 12.9. The average molecular weight is 483 g/mol. The Balaban J connectivity index is 1.52. The lowest BCUT2D eigenvalue weighted by Gasteiger charge is -2.26. The van der Waals surface area contributed by atoms with Gasteiger partial charge < -0.3 is 15.5 Å². The molecule has 0 aliphatic heterocycles. The lowest BCUT2D eigenvalue weighted by Crippen LogP contribution is -2.42. The molecule has 3 aromatic rings. The van der Waals surface area contributed by atoms with Crippen LogP contribution >= 0.6 is 11.3 Å². The van der Waals surface area contributed by atoms with E-state index in [1.807, 2.05) is 32.9 Å². The summed E-state index contributed by atoms with van der Waals surface area (Å²) in [5.41, 5.74) is 2.88. The van der Waals surface area contributed by atoms with Crippen LogP contribution in [0.15, 0.2) is 53.9 Å². The molecule has 0 atom stereocenters. The van der Waals surface area contributed by atoms with Crippen LogP contribution in [-0.4, -0.2) is 40.2 Å². The van der Waals surface area contributed by atoms with E-state index in [0.29, 0.717) is 16.4 Å². The number of carbonyl (C=O) groups excluding carboxylic acids is 3. The van der Waals surface area contributed by atoms with Crippen molar-refractivity contribution in [2.24, 2.45) is 0 Å². The van der Waals surface area contributed by atoms with Gasteiger partial charge in [-0.05, 0) is 50.6 Å². The maximum absolute atomic E-state index is 13.0. The Morgan fingerprint density at radius 2 is 1.71 bits per heavy atom. The first kappa shape index (κ1) is 25.0. The monoisotopic (exact) mass is 482 g/mol. The zero-order chi connectivity index (χ0) is 24.7. The maximum atomic E-state index is 13.0. The Morgan fingerprint density at radius 3 is 2.35 bits per heavy atom. The molecule has 7 nitrogen and oxygen atoms in total. The second kappa shape index (κ2) is 11.5. The van der Waals surface area contributed by atoms with E-state index < -0.39 is 0 Å². The number of benzene rings is 2. The summed E-state index contributed by atoms with van der Waals surface area (Å²) in [5, 5.41) is 7.52. The summed E-state index contributed by atoms with van der Waals surface area (Å²) in [7, 11) is 0. The average Bonchev–Trinajstić information content (AvgIpc) is 3.23. The van der Waals surface area contributed by atoms with Crippen LogP contribution in [0.1, 0.15) is 41.0 Å². The van der Waals surface area contributed by atoms with Crippen molar-refractivity contribution < 1.29 is 18.8 Å². The molecule has 2 aromatic carbocycles. The summed E-state index contributed by atoms with van der Waals surface area (Å²) < 4.78 is 13.0. The van der Waals surface area contributed by atoms with E-state index in [0.717, 1.165) is 11.1 Å². The van der Waals surface area contributed by atoms with Crippen LogP contribution in [0.25, 0.3) is 0 Å². The zero-order valence-corrected chi connectivity index (χ0v) is 20.1. The number of thiazole rings is 1. The van der Waals surface area contributed by atoms with E-state index >= 15 is 0 Å². The molecule has 0 radical (unpaired) electrons. The number of amides is 3. The lowest BCUT2D eigenvalue weighted by molar-refractivity contribution is -0.120. The molecule has 9 heteroatoms. The van der Waals surface area contributed by atoms with Gasteiger partial charge >= 0.3 is 0 Å². The number of hydrogen-bond donors (Lipinski definition) is 2. The predicted octanol–water partition coefficient (Wildman–Crippen LogP) is 3.94. The van der Waals surface area contributed by atoms with E-state index in [4.69, 9.17) is 0 Å². The molecule has 178 valence electrons. The fourth-order valence-electron chi connectivity index (χ4n) is 3.14. The van der Waals surface area contributed by atoms with Gasteiger partial charge in [-0.2, -0.15) is 0 Å². The van der Waals surface area contributed by atoms with Crippen LogP contribution in [-0.2, 0) is 22.6 Å². The van der Waals surface area contributed by atoms with Gasteiger partial charge in [0.1, 0.15) is 12.4 Å². The van der Waals surface area contributed by atoms with Crippen molar-refractivity contribution in [1.29, 1.82) is 0 Å². The fraction of sp³-hybridized carbons (Fsp3) is 0.280. The molecular weight excluding hydrogens is 455 g/mol. The van der Waals surface area contributed by atoms with Crippen LogP contribution in [0.2, 0.25) is 0 Å². The summed E-state index contributed by atoms with van der Waals surface area (Å²) in [4.78, 5) is 43.4. The van der Waals surface area contributed by atoms with E-state index in [-0.39, 0.29) is 49.1 Å². The highest BCUT2D eigenvalue weighted by molar-refractivity contribution is 7.13. The number of anilines is 1. The zero-order valence-electron chi connectivity index (χ0n) is 19.3. The van der Waals surface area contributed by atoms with Crippen molar-refractivity contribution in [2.45, 2.75) is 39.8 Å². The minimum atomic E-state index is -0.365. The summed E-state index contributed by atoms with van der Waals surface area (Å²) >= 11 is 1.21. The highest BCUT2D eigenvalue weighted by Crippen LogP contribution is 2.17. The molecule has 1 aromatic heterocycles. The topological polar surface area (TPSA) is 91.4 Å². The first-order valence-electron chi connectivity index (χ1n) is 10.8. The van der Waals surface area contributed by atoms with Crippen molar-refractivity contribution in [3.8, 4) is 0 Å². The lowest BCUT2D eigenvalue weighted by atomic mass is 10.1. The van der Waals surface area contributed by atoms with Gasteiger partial charge in [0, 0.05) is 23.5 Å². The van der Waals surface area contributed by atoms with Crippen LogP contribution in [0, 0.1) is 12.7 Å². The minimum absolute atomic E-state index is 0.0532. The summed E-state index contributed by atoms with van der Waals surface area (Å²) in [5.74, 6) is -1.15. The van der Waals surface area contributed by atoms with Crippen molar-refractivity contribution in [3.05, 3.63) is 82.1 Å². The van der Waals surface area contributed by atoms with E-state index in [2.05, 4.69) is 15.6 Å². The number of aryl methyl sites for hydroxylation is 1. The van der Waals surface area contributed by atoms with Gasteiger partial charge in [-0.15, -0.1) is 11.3 Å². The largest absolute Gasteiger partial charge is 0.352 e. The molecule has 0 saturated carbocycles. The molecule has 3 rings (SSSR count). The Bertz CT molecular complexity index is 1140. The molecule has 0 fully saturated rings. The van der Waals surface area contributed by atoms with Crippen LogP contribution < -0.4 is 10.6 Å². The van der Waals surface area contributed by atoms with E-state index in [1.165, 1.54) is 28.4 Å². The number of nitrogens with zero attached hydrogens (tertiary/aromatic N) is 2. The normalized spacial score (nSPS) is 10.7. The van der Waals surface area contributed by atoms with Crippen molar-refractivity contribution in [1.82, 2.24) is 15.2 Å². The predicted molar refractivity (Wildman–Crippen MR) is 130 cm³/mol. The van der Waals surface area contributed by atoms with Crippen molar-refractivity contribution >= 4 is 34.2 Å². The van der Waals surface area contributed by atoms with Crippen LogP contribution in [0.4, 0.5) is 9.52 Å². The number of halogens is 1. The maximum Gasteiger partial charge on any atom is 0.254 e. The Hall–Kier alpha value is -3.59. The van der Waals surface area contributed by atoms with Crippen LogP contribution in [0.5, 0.6) is 0 Å². The molecule has 0 aliphatic rings. The first-order chi connectivity index (χ1) is 16.2. The molecule has 0 spiro atoms. The minimum Gasteiger partial charge on any atom is -0.352 e. The molecule has 34 heavy (non-hydrogen) atoms. The number of aromatic nitrogens is 1. The number of hydrogen-bond acceptors (Lipinski definition) is 5. The highest BCUT2D eigenvalue weighted by atomic mass is 32.1. The molecular formula is C25H27FN4O3S. The number of carbonyl (C=O) groups is 3. The van der Waals surface area contributed by atoms with Gasteiger partial charge in [-0.1, -0.05) is 29.8 Å². The van der Waals surface area contributed by atoms with Gasteiger partial charge in [0.05, 0.1) is 12.1 Å². The molecule has 0 aliphatic carbocycles. The number of rotatable bonds is 9. The van der Waals surface area contributed by atoms with Crippen LogP contribution in [0.3, 0.4) is 0 Å². The quantitative estimate of drug-likeness (QED) is 0.483. The van der Waals surface area contributed by atoms with E-state index in [9.17, 15) is 18.8 Å². The molecule has 0 saturated heterocycles. The van der Waals surface area contributed by atoms with Crippen molar-refractivity contribution in [3.63, 3.8) is 0 Å². The van der Waals surface area contributed by atoms with Gasteiger partial charge in [-0.25, -0.2) is 9.37 Å². The molecule has 0 bridgehead atoms. The number of nitrogens with one attached hydrogen (secondary N) is 2. The third kappa shape index (κ3) is 7.21. The second-order valence-electron chi connectivity index (χ2n) is 8.16. The van der Waals surface area contributed by atoms with Gasteiger partial charge in [0.15, 0.2) is 5.13 Å². The molecule has 3 amide bonds. The van der Waals surface area contributed by atoms with E-state index in [1.54, 1.807) is 29.6 Å². The Kier molecular flexibility index (Phi) is 8.48. The molecule has 1 heterocycles. The molecule has 2 N–H and O–H groups in total. The first-order valence-corrected chi connectivity index (χ1v) is 11.7. The second-order valence-corrected chi connectivity index (χ2v) is 9.02. The summed E-state index contributed by atoms with van der Waals surface area (Å²) in [6.07, 6.45) is 0.0532. The Morgan fingerprint density at radius 1 is 1.03 bits per heavy atom. The van der Waals surface area contributed by atoms with Gasteiger partial charge in [0.2, 0.25) is 11.8 Å². The fourth-order valence-corrected chi connectivity index (χ4v) is 3.87. The highest BCUT2D eigenvalue weighted by Gasteiger charge is 2.22. The summed E-state index contributed by atoms with van der Waals surface area (Å²) in [6.45, 7) is 5.82. The smallest absolute Gasteiger partial charge is 0.254 e. The molecule has 0 unspecified atom stereocenters. The van der Waals surface area contributed by atoms with Crippen molar-refractivity contribution in [2.75, 3.05) is 11.9 Å². The van der Waals surface area contributed by atoms with Gasteiger partial charge in [0.25, 0.3) is 5.91 Å². The SMILES string of the molecule is Cc1ccc(C(=O)N(CC(=O)Nc2nc(CC(=O)NCc3ccc(F)cc3)cs2)C(C)C)cc1.